The number of thioether (sulfide) groups is 1. The summed E-state index contributed by atoms with van der Waals surface area (Å²) in [5.41, 5.74) is 2.41. The van der Waals surface area contributed by atoms with Gasteiger partial charge in [0.15, 0.2) is 0 Å². The van der Waals surface area contributed by atoms with E-state index in [0.717, 1.165) is 24.0 Å². The standard InChI is InChI=1S/C34H50ClN3O4S/c1-10-25-16-18-26(19-17-25)30(31(39)37-29-23(4)12-11-13-27(29)35)38(24(5)15-14-22(2)3)32(40)28(20-21-43-9)36-33(41)42-34(6,7)8/h11-13,16-19,22,24,28,30H,10,14-15,20-21H2,1-9H3,(H,36,41)(H,37,39). The lowest BCUT2D eigenvalue weighted by atomic mass is 9.96. The van der Waals surface area contributed by atoms with Crippen molar-refractivity contribution in [2.45, 2.75) is 105 Å². The van der Waals surface area contributed by atoms with Crippen LogP contribution in [-0.2, 0) is 20.7 Å². The number of hydrogen-bond donors (Lipinski definition) is 2. The molecule has 3 amide bonds. The van der Waals surface area contributed by atoms with E-state index in [2.05, 4.69) is 31.4 Å². The van der Waals surface area contributed by atoms with Crippen LogP contribution in [0.1, 0.15) is 90.5 Å². The Kier molecular flexibility index (Phi) is 14.4. The summed E-state index contributed by atoms with van der Waals surface area (Å²) in [6.07, 6.45) is 4.08. The molecule has 7 nitrogen and oxygen atoms in total. The molecule has 2 N–H and O–H groups in total. The predicted molar refractivity (Wildman–Crippen MR) is 180 cm³/mol. The molecule has 3 atom stereocenters. The van der Waals surface area contributed by atoms with Gasteiger partial charge >= 0.3 is 6.09 Å². The number of para-hydroxylation sites is 1. The van der Waals surface area contributed by atoms with Gasteiger partial charge in [0.25, 0.3) is 5.91 Å². The number of halogens is 1. The van der Waals surface area contributed by atoms with Crippen LogP contribution >= 0.6 is 23.4 Å². The number of alkyl carbamates (subject to hydrolysis) is 1. The minimum atomic E-state index is -0.964. The number of rotatable bonds is 14. The van der Waals surface area contributed by atoms with Crippen LogP contribution in [0.15, 0.2) is 42.5 Å². The zero-order chi connectivity index (χ0) is 32.3. The summed E-state index contributed by atoms with van der Waals surface area (Å²) in [5.74, 6) is 0.354. The Balaban J connectivity index is 2.67. The second-order valence-electron chi connectivity index (χ2n) is 12.5. The van der Waals surface area contributed by atoms with Gasteiger partial charge in [0.05, 0.1) is 10.7 Å². The highest BCUT2D eigenvalue weighted by Gasteiger charge is 2.39. The van der Waals surface area contributed by atoms with Gasteiger partial charge in [-0.15, -0.1) is 0 Å². The van der Waals surface area contributed by atoms with Crippen LogP contribution in [-0.4, -0.2) is 52.5 Å². The van der Waals surface area contributed by atoms with Crippen LogP contribution in [0.4, 0.5) is 10.5 Å². The third kappa shape index (κ3) is 11.4. The summed E-state index contributed by atoms with van der Waals surface area (Å²) in [5, 5.41) is 6.28. The number of ether oxygens (including phenoxy) is 1. The normalized spacial score (nSPS) is 13.7. The van der Waals surface area contributed by atoms with E-state index in [1.165, 1.54) is 0 Å². The number of aryl methyl sites for hydroxylation is 2. The summed E-state index contributed by atoms with van der Waals surface area (Å²) < 4.78 is 5.52. The van der Waals surface area contributed by atoms with Crippen molar-refractivity contribution in [3.8, 4) is 0 Å². The Hall–Kier alpha value is -2.71. The Morgan fingerprint density at radius 3 is 2.19 bits per heavy atom. The maximum Gasteiger partial charge on any atom is 0.408 e. The average molecular weight is 632 g/mol. The third-order valence-corrected chi connectivity index (χ3v) is 8.15. The molecular formula is C34H50ClN3O4S. The Labute approximate surface area is 267 Å². The lowest BCUT2D eigenvalue weighted by Gasteiger charge is -2.39. The summed E-state index contributed by atoms with van der Waals surface area (Å²) in [4.78, 5) is 43.5. The van der Waals surface area contributed by atoms with Crippen LogP contribution < -0.4 is 10.6 Å². The molecule has 9 heteroatoms. The zero-order valence-corrected chi connectivity index (χ0v) is 28.8. The number of benzene rings is 2. The summed E-state index contributed by atoms with van der Waals surface area (Å²) in [6, 6.07) is 11.1. The number of carbonyl (C=O) groups is 3. The smallest absolute Gasteiger partial charge is 0.408 e. The number of nitrogens with one attached hydrogen (secondary N) is 2. The van der Waals surface area contributed by atoms with E-state index in [1.54, 1.807) is 43.5 Å². The molecule has 2 rings (SSSR count). The van der Waals surface area contributed by atoms with Crippen molar-refractivity contribution in [1.82, 2.24) is 10.2 Å². The highest BCUT2D eigenvalue weighted by Crippen LogP contribution is 2.32. The minimum absolute atomic E-state index is 0.305. The second kappa shape index (κ2) is 17.0. The first-order valence-electron chi connectivity index (χ1n) is 15.1. The minimum Gasteiger partial charge on any atom is -0.444 e. The maximum absolute atomic E-state index is 14.6. The van der Waals surface area contributed by atoms with Crippen LogP contribution in [0.25, 0.3) is 0 Å². The summed E-state index contributed by atoms with van der Waals surface area (Å²) >= 11 is 8.10. The third-order valence-electron chi connectivity index (χ3n) is 7.19. The molecule has 238 valence electrons. The van der Waals surface area contributed by atoms with E-state index in [0.29, 0.717) is 40.8 Å². The van der Waals surface area contributed by atoms with Crippen LogP contribution in [0, 0.1) is 12.8 Å². The zero-order valence-electron chi connectivity index (χ0n) is 27.3. The molecule has 0 aliphatic heterocycles. The van der Waals surface area contributed by atoms with Gasteiger partial charge in [-0.25, -0.2) is 4.79 Å². The van der Waals surface area contributed by atoms with Crippen molar-refractivity contribution < 1.29 is 19.1 Å². The molecule has 43 heavy (non-hydrogen) atoms. The lowest BCUT2D eigenvalue weighted by molar-refractivity contribution is -0.143. The lowest BCUT2D eigenvalue weighted by Crippen LogP contribution is -2.55. The quantitative estimate of drug-likeness (QED) is 0.219. The fourth-order valence-electron chi connectivity index (χ4n) is 4.79. The highest BCUT2D eigenvalue weighted by molar-refractivity contribution is 7.98. The fraction of sp³-hybridized carbons (Fsp3) is 0.559. The first-order valence-corrected chi connectivity index (χ1v) is 16.9. The first-order chi connectivity index (χ1) is 20.2. The van der Waals surface area contributed by atoms with E-state index >= 15 is 0 Å². The molecule has 0 spiro atoms. The van der Waals surface area contributed by atoms with Crippen molar-refractivity contribution in [1.29, 1.82) is 0 Å². The van der Waals surface area contributed by atoms with Gasteiger partial charge in [-0.2, -0.15) is 11.8 Å². The highest BCUT2D eigenvalue weighted by atomic mass is 35.5. The largest absolute Gasteiger partial charge is 0.444 e. The molecule has 0 aromatic heterocycles. The Bertz CT molecular complexity index is 1190. The van der Waals surface area contributed by atoms with Crippen LogP contribution in [0.2, 0.25) is 5.02 Å². The van der Waals surface area contributed by atoms with Gasteiger partial charge in [-0.3, -0.25) is 9.59 Å². The Morgan fingerprint density at radius 2 is 1.65 bits per heavy atom. The van der Waals surface area contributed by atoms with E-state index in [-0.39, 0.29) is 17.9 Å². The maximum atomic E-state index is 14.6. The molecule has 0 heterocycles. The molecule has 2 aromatic rings. The van der Waals surface area contributed by atoms with Crippen LogP contribution in [0.3, 0.4) is 0 Å². The van der Waals surface area contributed by atoms with Crippen molar-refractivity contribution in [2.75, 3.05) is 17.3 Å². The monoisotopic (exact) mass is 631 g/mol. The van der Waals surface area contributed by atoms with Gasteiger partial charge in [-0.1, -0.05) is 68.8 Å². The van der Waals surface area contributed by atoms with Gasteiger partial charge in [0.1, 0.15) is 17.7 Å². The molecule has 0 saturated heterocycles. The molecule has 0 saturated carbocycles. The van der Waals surface area contributed by atoms with E-state index in [1.807, 2.05) is 56.5 Å². The molecule has 0 aliphatic carbocycles. The predicted octanol–water partition coefficient (Wildman–Crippen LogP) is 8.19. The summed E-state index contributed by atoms with van der Waals surface area (Å²) in [7, 11) is 0. The van der Waals surface area contributed by atoms with Crippen molar-refractivity contribution >= 4 is 47.0 Å². The van der Waals surface area contributed by atoms with E-state index in [4.69, 9.17) is 16.3 Å². The van der Waals surface area contributed by atoms with E-state index < -0.39 is 23.8 Å². The van der Waals surface area contributed by atoms with E-state index in [9.17, 15) is 14.4 Å². The average Bonchev–Trinajstić information content (AvgIpc) is 2.93. The SMILES string of the molecule is CCc1ccc(C(C(=O)Nc2c(C)cccc2Cl)N(C(=O)C(CCSC)NC(=O)OC(C)(C)C)C(C)CCC(C)C)cc1. The molecule has 0 bridgehead atoms. The molecule has 2 aromatic carbocycles. The van der Waals surface area contributed by atoms with Gasteiger partial charge in [-0.05, 0) is 101 Å². The molecule has 0 aliphatic rings. The van der Waals surface area contributed by atoms with Crippen molar-refractivity contribution in [3.05, 3.63) is 64.2 Å². The van der Waals surface area contributed by atoms with Gasteiger partial charge in [0.2, 0.25) is 5.91 Å². The number of anilines is 1. The molecule has 0 fully saturated rings. The van der Waals surface area contributed by atoms with Crippen molar-refractivity contribution in [2.24, 2.45) is 5.92 Å². The van der Waals surface area contributed by atoms with Gasteiger partial charge < -0.3 is 20.3 Å². The first kappa shape index (κ1) is 36.5. The number of amides is 3. The number of hydrogen-bond acceptors (Lipinski definition) is 5. The molecular weight excluding hydrogens is 582 g/mol. The molecule has 0 radical (unpaired) electrons. The fourth-order valence-corrected chi connectivity index (χ4v) is 5.53. The summed E-state index contributed by atoms with van der Waals surface area (Å²) in [6.45, 7) is 15.5. The van der Waals surface area contributed by atoms with Crippen LogP contribution in [0.5, 0.6) is 0 Å². The van der Waals surface area contributed by atoms with Crippen molar-refractivity contribution in [3.63, 3.8) is 0 Å². The molecule has 3 unspecified atom stereocenters. The van der Waals surface area contributed by atoms with Gasteiger partial charge in [0, 0.05) is 6.04 Å². The second-order valence-corrected chi connectivity index (χ2v) is 13.9. The topological polar surface area (TPSA) is 87.7 Å². The number of nitrogens with zero attached hydrogens (tertiary/aromatic N) is 1. The Morgan fingerprint density at radius 1 is 1.00 bits per heavy atom. The number of carbonyl (C=O) groups excluding carboxylic acids is 3.